The van der Waals surface area contributed by atoms with E-state index in [2.05, 4.69) is 191 Å². The molecule has 0 bridgehead atoms. The number of hydrogen-bond acceptors (Lipinski definition) is 3. The maximum absolute atomic E-state index is 6.67. The summed E-state index contributed by atoms with van der Waals surface area (Å²) in [7, 11) is 3.25. The van der Waals surface area contributed by atoms with Crippen LogP contribution in [0.4, 0.5) is 0 Å². The summed E-state index contributed by atoms with van der Waals surface area (Å²) in [6, 6.07) is 7.89. The molecule has 15 heteroatoms. The molecule has 216 valence electrons. The van der Waals surface area contributed by atoms with Gasteiger partial charge in [-0.05, 0) is 184 Å². The van der Waals surface area contributed by atoms with E-state index in [9.17, 15) is 0 Å². The summed E-state index contributed by atoms with van der Waals surface area (Å²) in [5.41, 5.74) is 3.46. The lowest BCUT2D eigenvalue weighted by Gasteiger charge is -2.21. The zero-order valence-corrected chi connectivity index (χ0v) is 39.1. The summed E-state index contributed by atoms with van der Waals surface area (Å²) in [4.78, 5) is 0. The lowest BCUT2D eigenvalue weighted by Crippen LogP contribution is -1.97. The Labute approximate surface area is 337 Å². The molecular weight excluding hydrogens is 1320 g/mol. The van der Waals surface area contributed by atoms with Crippen LogP contribution in [0.2, 0.25) is 0 Å². The molecule has 0 aliphatic heterocycles. The fraction of sp³-hybridized carbons (Fsp3) is 0.0769. The average molecular weight is 1330 g/mol. The van der Waals surface area contributed by atoms with Crippen molar-refractivity contribution in [1.82, 2.24) is 0 Å². The Balaban J connectivity index is 1.96. The van der Waals surface area contributed by atoms with E-state index in [0.717, 1.165) is 67.0 Å². The van der Waals surface area contributed by atoms with Crippen molar-refractivity contribution >= 4 is 191 Å². The first-order valence-electron chi connectivity index (χ1n) is 10.7. The predicted molar refractivity (Wildman–Crippen MR) is 209 cm³/mol. The van der Waals surface area contributed by atoms with Crippen LogP contribution in [0.15, 0.2) is 77.9 Å². The van der Waals surface area contributed by atoms with Gasteiger partial charge in [0.2, 0.25) is 0 Å². The minimum atomic E-state index is 0.566. The van der Waals surface area contributed by atoms with E-state index in [1.54, 1.807) is 14.2 Å². The molecular formula is C26H10Br12O3. The normalized spacial score (nSPS) is 11.2. The largest absolute Gasteiger partial charge is 0.494 e. The molecule has 0 amide bonds. The molecule has 0 heterocycles. The summed E-state index contributed by atoms with van der Waals surface area (Å²) in [6.45, 7) is 0. The predicted octanol–water partition coefficient (Wildman–Crippen LogP) is 16.0. The van der Waals surface area contributed by atoms with Gasteiger partial charge in [-0.2, -0.15) is 0 Å². The number of benzene rings is 4. The maximum Gasteiger partial charge on any atom is 0.156 e. The van der Waals surface area contributed by atoms with Crippen LogP contribution in [-0.4, -0.2) is 14.2 Å². The molecule has 4 aromatic carbocycles. The van der Waals surface area contributed by atoms with E-state index in [1.807, 2.05) is 24.3 Å². The van der Waals surface area contributed by atoms with Gasteiger partial charge in [-0.1, -0.05) is 31.9 Å². The molecule has 0 aliphatic rings. The van der Waals surface area contributed by atoms with Crippen molar-refractivity contribution in [3.05, 3.63) is 77.9 Å². The number of halogens is 12. The second kappa shape index (κ2) is 14.9. The quantitative estimate of drug-likeness (QED) is 0.180. The highest BCUT2D eigenvalue weighted by Crippen LogP contribution is 2.55. The van der Waals surface area contributed by atoms with Crippen molar-refractivity contribution < 1.29 is 14.2 Å². The minimum Gasteiger partial charge on any atom is -0.494 e. The molecule has 0 radical (unpaired) electrons. The number of hydrogen-bond donors (Lipinski definition) is 0. The molecule has 0 saturated carbocycles. The maximum atomic E-state index is 6.67. The summed E-state index contributed by atoms with van der Waals surface area (Å²) in [5.74, 6) is 2.44. The standard InChI is InChI=1S/C26H10Br12O3/c1-39-25-17(33)7(3-11(29)19(25)35)15-9(27)5-13(31)23(21(15)37)41-24-14(32)6-10(28)16(22(24)38)8-4-12(30)20(36)26(40-2)18(8)34/h3-6H,1-2H3. The molecule has 0 fully saturated rings. The van der Waals surface area contributed by atoms with E-state index in [0.29, 0.717) is 31.9 Å². The molecule has 0 aromatic heterocycles. The fourth-order valence-corrected chi connectivity index (χ4v) is 12.9. The number of rotatable bonds is 6. The first kappa shape index (κ1) is 35.9. The van der Waals surface area contributed by atoms with Gasteiger partial charge in [0.25, 0.3) is 0 Å². The zero-order valence-electron chi connectivity index (χ0n) is 20.1. The van der Waals surface area contributed by atoms with Crippen LogP contribution < -0.4 is 14.2 Å². The highest BCUT2D eigenvalue weighted by atomic mass is 79.9. The monoisotopic (exact) mass is 1320 g/mol. The molecule has 0 saturated heterocycles. The van der Waals surface area contributed by atoms with Crippen molar-refractivity contribution in [1.29, 1.82) is 0 Å². The molecule has 0 aliphatic carbocycles. The lowest BCUT2D eigenvalue weighted by atomic mass is 10.0. The third-order valence-electron chi connectivity index (χ3n) is 5.64. The molecule has 3 nitrogen and oxygen atoms in total. The van der Waals surface area contributed by atoms with Gasteiger partial charge >= 0.3 is 0 Å². The number of ether oxygens (including phenoxy) is 3. The summed E-state index contributed by atoms with van der Waals surface area (Å²) in [6.07, 6.45) is 0. The van der Waals surface area contributed by atoms with E-state index in [4.69, 9.17) is 14.2 Å². The van der Waals surface area contributed by atoms with Crippen LogP contribution in [0.25, 0.3) is 22.3 Å². The Kier molecular flexibility index (Phi) is 13.0. The third kappa shape index (κ3) is 7.01. The van der Waals surface area contributed by atoms with Gasteiger partial charge in [0.05, 0.1) is 50.0 Å². The molecule has 0 atom stereocenters. The second-order valence-electron chi connectivity index (χ2n) is 7.95. The Morgan fingerprint density at radius 3 is 1.02 bits per heavy atom. The summed E-state index contributed by atoms with van der Waals surface area (Å²) < 4.78 is 27.4. The zero-order chi connectivity index (χ0) is 30.5. The van der Waals surface area contributed by atoms with E-state index in [1.165, 1.54) is 0 Å². The number of methoxy groups -OCH3 is 2. The van der Waals surface area contributed by atoms with Crippen molar-refractivity contribution in [3.63, 3.8) is 0 Å². The lowest BCUT2D eigenvalue weighted by molar-refractivity contribution is 0.409. The van der Waals surface area contributed by atoms with Gasteiger partial charge < -0.3 is 14.2 Å². The summed E-state index contributed by atoms with van der Waals surface area (Å²) in [5, 5.41) is 0. The Morgan fingerprint density at radius 2 is 0.707 bits per heavy atom. The SMILES string of the molecule is COc1c(Br)c(Br)cc(-c2c(Br)cc(Br)c(Oc3c(Br)cc(Br)c(-c4cc(Br)c(Br)c(OC)c4Br)c3Br)c2Br)c1Br. The fourth-order valence-electron chi connectivity index (χ4n) is 3.81. The Bertz CT molecular complexity index is 1600. The second-order valence-corrected chi connectivity index (χ2v) is 17.8. The molecule has 41 heavy (non-hydrogen) atoms. The average Bonchev–Trinajstić information content (AvgIpc) is 2.89. The first-order chi connectivity index (χ1) is 19.2. The van der Waals surface area contributed by atoms with Crippen LogP contribution in [0, 0.1) is 0 Å². The highest BCUT2D eigenvalue weighted by Gasteiger charge is 2.27. The van der Waals surface area contributed by atoms with E-state index in [-0.39, 0.29) is 0 Å². The summed E-state index contributed by atoms with van der Waals surface area (Å²) >= 11 is 44.4. The van der Waals surface area contributed by atoms with Gasteiger partial charge in [-0.25, -0.2) is 0 Å². The molecule has 4 rings (SSSR count). The van der Waals surface area contributed by atoms with Crippen molar-refractivity contribution in [3.8, 4) is 45.3 Å². The Hall–Kier alpha value is 2.04. The van der Waals surface area contributed by atoms with Crippen LogP contribution in [0.1, 0.15) is 0 Å². The molecule has 0 unspecified atom stereocenters. The van der Waals surface area contributed by atoms with Gasteiger partial charge in [-0.3, -0.25) is 0 Å². The van der Waals surface area contributed by atoms with Gasteiger partial charge in [0, 0.05) is 40.1 Å². The van der Waals surface area contributed by atoms with Crippen LogP contribution in [0.5, 0.6) is 23.0 Å². The van der Waals surface area contributed by atoms with Gasteiger partial charge in [0.15, 0.2) is 11.5 Å². The first-order valence-corrected chi connectivity index (χ1v) is 20.2. The van der Waals surface area contributed by atoms with Crippen LogP contribution in [0.3, 0.4) is 0 Å². The highest BCUT2D eigenvalue weighted by molar-refractivity contribution is 9.14. The van der Waals surface area contributed by atoms with Crippen molar-refractivity contribution in [2.45, 2.75) is 0 Å². The molecule has 0 N–H and O–H groups in total. The third-order valence-corrected chi connectivity index (χ3v) is 15.0. The Morgan fingerprint density at radius 1 is 0.366 bits per heavy atom. The molecule has 4 aromatic rings. The minimum absolute atomic E-state index is 0.566. The van der Waals surface area contributed by atoms with Crippen molar-refractivity contribution in [2.75, 3.05) is 14.2 Å². The van der Waals surface area contributed by atoms with Crippen LogP contribution >= 0.6 is 191 Å². The van der Waals surface area contributed by atoms with E-state index >= 15 is 0 Å². The van der Waals surface area contributed by atoms with Crippen molar-refractivity contribution in [2.24, 2.45) is 0 Å². The van der Waals surface area contributed by atoms with E-state index < -0.39 is 0 Å². The van der Waals surface area contributed by atoms with Gasteiger partial charge in [-0.15, -0.1) is 0 Å². The smallest absolute Gasteiger partial charge is 0.156 e. The molecule has 0 spiro atoms. The van der Waals surface area contributed by atoms with Crippen LogP contribution in [-0.2, 0) is 0 Å². The van der Waals surface area contributed by atoms with Gasteiger partial charge in [0.1, 0.15) is 11.5 Å². The topological polar surface area (TPSA) is 27.7 Å².